The molecular weight excluding hydrogens is 228 g/mol. The molecule has 0 atom stereocenters. The second-order valence-electron chi connectivity index (χ2n) is 5.70. The number of hydrogen-bond acceptors (Lipinski definition) is 3. The van der Waals surface area contributed by atoms with Gasteiger partial charge in [0.25, 0.3) is 0 Å². The summed E-state index contributed by atoms with van der Waals surface area (Å²) in [7, 11) is 1.37. The van der Waals surface area contributed by atoms with E-state index in [9.17, 15) is 9.90 Å². The molecule has 1 aromatic carbocycles. The van der Waals surface area contributed by atoms with Gasteiger partial charge in [-0.1, -0.05) is 26.8 Å². The number of rotatable bonds is 2. The second kappa shape index (κ2) is 5.01. The minimum absolute atomic E-state index is 0.122. The summed E-state index contributed by atoms with van der Waals surface area (Å²) in [5, 5.41) is 10.3. The number of methoxy groups -OCH3 is 1. The summed E-state index contributed by atoms with van der Waals surface area (Å²) in [6.45, 7) is 9.97. The third-order valence-electron chi connectivity index (χ3n) is 3.26. The highest BCUT2D eigenvalue weighted by atomic mass is 16.5. The van der Waals surface area contributed by atoms with E-state index in [0.29, 0.717) is 0 Å². The van der Waals surface area contributed by atoms with Crippen molar-refractivity contribution in [2.45, 2.75) is 46.5 Å². The molecule has 3 nitrogen and oxygen atoms in total. The number of hydrogen-bond donors (Lipinski definition) is 1. The van der Waals surface area contributed by atoms with Gasteiger partial charge in [-0.2, -0.15) is 0 Å². The lowest BCUT2D eigenvalue weighted by Crippen LogP contribution is -2.14. The first-order chi connectivity index (χ1) is 8.18. The van der Waals surface area contributed by atoms with Crippen molar-refractivity contribution in [1.29, 1.82) is 0 Å². The molecule has 0 amide bonds. The van der Waals surface area contributed by atoms with Crippen molar-refractivity contribution in [3.05, 3.63) is 28.3 Å². The number of carbonyl (C=O) groups excluding carboxylic acids is 1. The van der Waals surface area contributed by atoms with E-state index in [1.807, 2.05) is 19.9 Å². The molecular formula is C15H22O3. The number of esters is 1. The van der Waals surface area contributed by atoms with E-state index in [1.165, 1.54) is 7.11 Å². The first kappa shape index (κ1) is 14.6. The maximum absolute atomic E-state index is 11.4. The Kier molecular flexibility index (Phi) is 4.05. The van der Waals surface area contributed by atoms with Crippen LogP contribution in [0.25, 0.3) is 0 Å². The lowest BCUT2D eigenvalue weighted by Gasteiger charge is -2.24. The average Bonchev–Trinajstić information content (AvgIpc) is 2.27. The topological polar surface area (TPSA) is 46.5 Å². The largest absolute Gasteiger partial charge is 0.507 e. The summed E-state index contributed by atoms with van der Waals surface area (Å²) in [6, 6.07) is 1.96. The van der Waals surface area contributed by atoms with Crippen molar-refractivity contribution in [2.75, 3.05) is 7.11 Å². The third-order valence-corrected chi connectivity index (χ3v) is 3.26. The molecule has 0 aromatic heterocycles. The number of ether oxygens (including phenoxy) is 1. The van der Waals surface area contributed by atoms with Crippen molar-refractivity contribution in [2.24, 2.45) is 0 Å². The number of phenols is 1. The minimum Gasteiger partial charge on any atom is -0.507 e. The van der Waals surface area contributed by atoms with Gasteiger partial charge in [0.05, 0.1) is 13.5 Å². The number of benzene rings is 1. The molecule has 0 saturated heterocycles. The molecule has 1 aromatic rings. The monoisotopic (exact) mass is 250 g/mol. The second-order valence-corrected chi connectivity index (χ2v) is 5.70. The summed E-state index contributed by atoms with van der Waals surface area (Å²) in [5.41, 5.74) is 3.42. The zero-order chi connectivity index (χ0) is 14.1. The maximum Gasteiger partial charge on any atom is 0.309 e. The number of phenolic OH excluding ortho intramolecular Hbond substituents is 1. The average molecular weight is 250 g/mol. The molecule has 100 valence electrons. The van der Waals surface area contributed by atoms with Crippen LogP contribution in [0.4, 0.5) is 0 Å². The number of carbonyl (C=O) groups is 1. The summed E-state index contributed by atoms with van der Waals surface area (Å²) < 4.78 is 4.68. The van der Waals surface area contributed by atoms with Gasteiger partial charge in [0.1, 0.15) is 5.75 Å². The van der Waals surface area contributed by atoms with E-state index in [-0.39, 0.29) is 23.6 Å². The van der Waals surface area contributed by atoms with Gasteiger partial charge in [-0.3, -0.25) is 4.79 Å². The molecule has 0 spiro atoms. The first-order valence-electron chi connectivity index (χ1n) is 6.07. The van der Waals surface area contributed by atoms with Crippen LogP contribution in [-0.2, 0) is 21.4 Å². The van der Waals surface area contributed by atoms with Gasteiger partial charge in [-0.25, -0.2) is 0 Å². The lowest BCUT2D eigenvalue weighted by molar-refractivity contribution is -0.139. The Bertz CT molecular complexity index is 468. The predicted octanol–water partition coefficient (Wildman–Crippen LogP) is 3.02. The van der Waals surface area contributed by atoms with Crippen LogP contribution < -0.4 is 0 Å². The van der Waals surface area contributed by atoms with Crippen LogP contribution in [0.3, 0.4) is 0 Å². The number of aryl methyl sites for hydroxylation is 1. The fraction of sp³-hybridized carbons (Fsp3) is 0.533. The van der Waals surface area contributed by atoms with Crippen LogP contribution in [-0.4, -0.2) is 18.2 Å². The van der Waals surface area contributed by atoms with Crippen LogP contribution >= 0.6 is 0 Å². The van der Waals surface area contributed by atoms with Gasteiger partial charge in [0, 0.05) is 0 Å². The Balaban J connectivity index is 3.34. The highest BCUT2D eigenvalue weighted by Crippen LogP contribution is 2.36. The minimum atomic E-state index is -0.288. The SMILES string of the molecule is COC(=O)Cc1c(C)cc(C(C)(C)C)c(O)c1C. The molecule has 1 N–H and O–H groups in total. The summed E-state index contributed by atoms with van der Waals surface area (Å²) in [6.07, 6.45) is 0.201. The Morgan fingerprint density at radius 1 is 1.33 bits per heavy atom. The van der Waals surface area contributed by atoms with E-state index in [0.717, 1.165) is 22.3 Å². The molecule has 0 unspecified atom stereocenters. The number of aromatic hydroxyl groups is 1. The smallest absolute Gasteiger partial charge is 0.309 e. The van der Waals surface area contributed by atoms with E-state index in [4.69, 9.17) is 0 Å². The molecule has 3 heteroatoms. The molecule has 0 saturated carbocycles. The van der Waals surface area contributed by atoms with Crippen molar-refractivity contribution in [1.82, 2.24) is 0 Å². The summed E-state index contributed by atoms with van der Waals surface area (Å²) >= 11 is 0. The van der Waals surface area contributed by atoms with Crippen molar-refractivity contribution < 1.29 is 14.6 Å². The molecule has 0 aliphatic carbocycles. The quantitative estimate of drug-likeness (QED) is 0.821. The highest BCUT2D eigenvalue weighted by molar-refractivity contribution is 5.74. The molecule has 0 aliphatic rings. The summed E-state index contributed by atoms with van der Waals surface area (Å²) in [5.74, 6) is -0.00360. The van der Waals surface area contributed by atoms with Gasteiger partial charge in [-0.05, 0) is 41.5 Å². The van der Waals surface area contributed by atoms with Crippen molar-refractivity contribution in [3.8, 4) is 5.75 Å². The highest BCUT2D eigenvalue weighted by Gasteiger charge is 2.22. The Hall–Kier alpha value is -1.51. The van der Waals surface area contributed by atoms with Crippen LogP contribution in [0.5, 0.6) is 5.75 Å². The molecule has 0 aliphatic heterocycles. The predicted molar refractivity (Wildman–Crippen MR) is 72.0 cm³/mol. The molecule has 1 rings (SSSR count). The van der Waals surface area contributed by atoms with Crippen LogP contribution in [0.2, 0.25) is 0 Å². The maximum atomic E-state index is 11.4. The van der Waals surface area contributed by atoms with E-state index < -0.39 is 0 Å². The van der Waals surface area contributed by atoms with Crippen molar-refractivity contribution >= 4 is 5.97 Å². The zero-order valence-corrected chi connectivity index (χ0v) is 12.0. The van der Waals surface area contributed by atoms with Gasteiger partial charge >= 0.3 is 5.97 Å². The Morgan fingerprint density at radius 2 is 1.89 bits per heavy atom. The van der Waals surface area contributed by atoms with Crippen LogP contribution in [0.1, 0.15) is 43.0 Å². The Labute approximate surface area is 109 Å². The van der Waals surface area contributed by atoms with Crippen LogP contribution in [0.15, 0.2) is 6.07 Å². The lowest BCUT2D eigenvalue weighted by atomic mass is 9.82. The van der Waals surface area contributed by atoms with Gasteiger partial charge in [0.15, 0.2) is 0 Å². The molecule has 18 heavy (non-hydrogen) atoms. The zero-order valence-electron chi connectivity index (χ0n) is 12.0. The summed E-state index contributed by atoms with van der Waals surface area (Å²) in [4.78, 5) is 11.4. The van der Waals surface area contributed by atoms with E-state index >= 15 is 0 Å². The molecule has 0 fully saturated rings. The van der Waals surface area contributed by atoms with Crippen molar-refractivity contribution in [3.63, 3.8) is 0 Å². The fourth-order valence-corrected chi connectivity index (χ4v) is 2.07. The Morgan fingerprint density at radius 3 is 2.33 bits per heavy atom. The van der Waals surface area contributed by atoms with Gasteiger partial charge in [0.2, 0.25) is 0 Å². The van der Waals surface area contributed by atoms with Gasteiger partial charge < -0.3 is 9.84 Å². The first-order valence-corrected chi connectivity index (χ1v) is 6.07. The van der Waals surface area contributed by atoms with E-state index in [2.05, 4.69) is 25.5 Å². The fourth-order valence-electron chi connectivity index (χ4n) is 2.07. The third kappa shape index (κ3) is 2.84. The molecule has 0 heterocycles. The molecule has 0 bridgehead atoms. The molecule has 0 radical (unpaired) electrons. The van der Waals surface area contributed by atoms with Gasteiger partial charge in [-0.15, -0.1) is 0 Å². The standard InChI is InChI=1S/C15H22O3/c1-9-7-12(15(3,4)5)14(17)10(2)11(9)8-13(16)18-6/h7,17H,8H2,1-6H3. The normalized spacial score (nSPS) is 11.4. The van der Waals surface area contributed by atoms with Crippen LogP contribution in [0, 0.1) is 13.8 Å². The van der Waals surface area contributed by atoms with E-state index in [1.54, 1.807) is 0 Å².